The molecule has 0 aliphatic rings. The van der Waals surface area contributed by atoms with Crippen molar-refractivity contribution < 1.29 is 13.9 Å². The molecule has 6 heteroatoms. The highest BCUT2D eigenvalue weighted by molar-refractivity contribution is 5.87. The number of alkyl carbamates (subject to hydrolysis) is 1. The molecule has 0 saturated carbocycles. The Morgan fingerprint density at radius 2 is 1.87 bits per heavy atom. The summed E-state index contributed by atoms with van der Waals surface area (Å²) in [6.45, 7) is 5.42. The Kier molecular flexibility index (Phi) is 4.99. The molecule has 1 amide bonds. The summed E-state index contributed by atoms with van der Waals surface area (Å²) >= 11 is 0. The third-order valence-electron chi connectivity index (χ3n) is 4.51. The first-order valence-corrected chi connectivity index (χ1v) is 9.67. The number of carbonyl (C=O) groups excluding carboxylic acids is 1. The van der Waals surface area contributed by atoms with E-state index in [1.807, 2.05) is 36.4 Å². The number of nitrogens with one attached hydrogen (secondary N) is 1. The fourth-order valence-corrected chi connectivity index (χ4v) is 3.18. The molecule has 2 aromatic carbocycles. The number of benzene rings is 2. The highest BCUT2D eigenvalue weighted by atomic mass is 16.6. The van der Waals surface area contributed by atoms with Crippen LogP contribution >= 0.6 is 0 Å². The first-order valence-electron chi connectivity index (χ1n) is 9.67. The molecule has 0 aliphatic heterocycles. The van der Waals surface area contributed by atoms with Gasteiger partial charge in [-0.25, -0.2) is 4.79 Å². The SMILES string of the molecule is CC(C)(C)OC(=O)NCc1cc(=O)c2cc(-c3cnc4ccccc4c3)ccc2o1. The van der Waals surface area contributed by atoms with E-state index < -0.39 is 11.7 Å². The van der Waals surface area contributed by atoms with Gasteiger partial charge in [0.2, 0.25) is 0 Å². The van der Waals surface area contributed by atoms with Crippen molar-refractivity contribution >= 4 is 28.0 Å². The van der Waals surface area contributed by atoms with Crippen molar-refractivity contribution in [3.63, 3.8) is 0 Å². The maximum absolute atomic E-state index is 12.6. The molecule has 0 atom stereocenters. The van der Waals surface area contributed by atoms with Crippen LogP contribution in [0, 0.1) is 0 Å². The molecule has 6 nitrogen and oxygen atoms in total. The van der Waals surface area contributed by atoms with E-state index in [-0.39, 0.29) is 12.0 Å². The molecule has 0 unspecified atom stereocenters. The molecule has 0 radical (unpaired) electrons. The number of ether oxygens (including phenoxy) is 1. The number of hydrogen-bond donors (Lipinski definition) is 1. The number of nitrogens with zero attached hydrogens (tertiary/aromatic N) is 1. The average Bonchev–Trinajstić information content (AvgIpc) is 2.70. The van der Waals surface area contributed by atoms with Crippen LogP contribution in [-0.4, -0.2) is 16.7 Å². The Bertz CT molecular complexity index is 1300. The van der Waals surface area contributed by atoms with E-state index in [0.717, 1.165) is 22.0 Å². The van der Waals surface area contributed by atoms with Crippen LogP contribution in [0.4, 0.5) is 4.79 Å². The van der Waals surface area contributed by atoms with Gasteiger partial charge in [0.25, 0.3) is 0 Å². The summed E-state index contributed by atoms with van der Waals surface area (Å²) in [7, 11) is 0. The van der Waals surface area contributed by atoms with E-state index in [1.54, 1.807) is 39.1 Å². The van der Waals surface area contributed by atoms with Crippen LogP contribution in [0.2, 0.25) is 0 Å². The zero-order valence-corrected chi connectivity index (χ0v) is 17.1. The van der Waals surface area contributed by atoms with Gasteiger partial charge >= 0.3 is 6.09 Å². The molecule has 0 bridgehead atoms. The van der Waals surface area contributed by atoms with Gasteiger partial charge in [0, 0.05) is 23.2 Å². The molecule has 1 N–H and O–H groups in total. The molecule has 4 rings (SSSR count). The second-order valence-corrected chi connectivity index (χ2v) is 8.06. The van der Waals surface area contributed by atoms with Crippen LogP contribution in [0.1, 0.15) is 26.5 Å². The van der Waals surface area contributed by atoms with Crippen LogP contribution < -0.4 is 10.7 Å². The van der Waals surface area contributed by atoms with E-state index in [0.29, 0.717) is 16.7 Å². The molecule has 2 heterocycles. The Morgan fingerprint density at radius 3 is 2.67 bits per heavy atom. The second-order valence-electron chi connectivity index (χ2n) is 8.06. The predicted molar refractivity (Wildman–Crippen MR) is 116 cm³/mol. The third-order valence-corrected chi connectivity index (χ3v) is 4.51. The molecule has 0 aliphatic carbocycles. The van der Waals surface area contributed by atoms with Crippen LogP contribution in [0.25, 0.3) is 33.0 Å². The number of amides is 1. The number of rotatable bonds is 3. The van der Waals surface area contributed by atoms with Crippen molar-refractivity contribution in [1.82, 2.24) is 10.3 Å². The van der Waals surface area contributed by atoms with Crippen molar-refractivity contribution in [3.05, 3.63) is 76.8 Å². The van der Waals surface area contributed by atoms with Crippen molar-refractivity contribution in [1.29, 1.82) is 0 Å². The first-order chi connectivity index (χ1) is 14.3. The summed E-state index contributed by atoms with van der Waals surface area (Å²) < 4.78 is 11.0. The minimum Gasteiger partial charge on any atom is -0.459 e. The van der Waals surface area contributed by atoms with Crippen molar-refractivity contribution in [2.45, 2.75) is 32.9 Å². The lowest BCUT2D eigenvalue weighted by molar-refractivity contribution is 0.0520. The Morgan fingerprint density at radius 1 is 1.07 bits per heavy atom. The summed E-state index contributed by atoms with van der Waals surface area (Å²) in [6.07, 6.45) is 1.23. The van der Waals surface area contributed by atoms with Crippen molar-refractivity contribution in [3.8, 4) is 11.1 Å². The standard InChI is InChI=1S/C24H22N2O4/c1-24(2,3)30-23(28)26-14-18-12-21(27)19-11-15(8-9-22(19)29-18)17-10-16-6-4-5-7-20(16)25-13-17/h4-13H,14H2,1-3H3,(H,26,28). The lowest BCUT2D eigenvalue weighted by Crippen LogP contribution is -2.32. The van der Waals surface area contributed by atoms with Gasteiger partial charge in [-0.1, -0.05) is 24.3 Å². The molecular formula is C24H22N2O4. The van der Waals surface area contributed by atoms with E-state index in [4.69, 9.17) is 9.15 Å². The maximum atomic E-state index is 12.6. The van der Waals surface area contributed by atoms with E-state index in [2.05, 4.69) is 10.3 Å². The van der Waals surface area contributed by atoms with Gasteiger partial charge in [0.1, 0.15) is 16.9 Å². The number of fused-ring (bicyclic) bond motifs is 2. The Hall–Kier alpha value is -3.67. The van der Waals surface area contributed by atoms with Gasteiger partial charge in [0.05, 0.1) is 17.4 Å². The lowest BCUT2D eigenvalue weighted by atomic mass is 10.0. The van der Waals surface area contributed by atoms with Crippen LogP contribution in [0.5, 0.6) is 0 Å². The molecule has 30 heavy (non-hydrogen) atoms. The maximum Gasteiger partial charge on any atom is 0.408 e. The average molecular weight is 402 g/mol. The normalized spacial score (nSPS) is 11.6. The van der Waals surface area contributed by atoms with Crippen molar-refractivity contribution in [2.75, 3.05) is 0 Å². The number of para-hydroxylation sites is 1. The summed E-state index contributed by atoms with van der Waals surface area (Å²) in [6, 6.07) is 16.8. The highest BCUT2D eigenvalue weighted by Gasteiger charge is 2.16. The minimum atomic E-state index is -0.595. The van der Waals surface area contributed by atoms with Gasteiger partial charge in [0.15, 0.2) is 5.43 Å². The zero-order valence-electron chi connectivity index (χ0n) is 17.1. The first kappa shape index (κ1) is 19.6. The molecule has 2 aromatic heterocycles. The summed E-state index contributed by atoms with van der Waals surface area (Å²) in [4.78, 5) is 29.0. The number of pyridine rings is 1. The van der Waals surface area contributed by atoms with Gasteiger partial charge < -0.3 is 14.5 Å². The Labute approximate surface area is 173 Å². The second kappa shape index (κ2) is 7.63. The molecule has 4 aromatic rings. The van der Waals surface area contributed by atoms with Crippen LogP contribution in [0.3, 0.4) is 0 Å². The van der Waals surface area contributed by atoms with E-state index in [9.17, 15) is 9.59 Å². The van der Waals surface area contributed by atoms with Crippen molar-refractivity contribution in [2.24, 2.45) is 0 Å². The Balaban J connectivity index is 1.60. The minimum absolute atomic E-state index is 0.0659. The zero-order chi connectivity index (χ0) is 21.3. The molecule has 0 fully saturated rings. The van der Waals surface area contributed by atoms with Crippen LogP contribution in [-0.2, 0) is 11.3 Å². The summed E-state index contributed by atoms with van der Waals surface area (Å²) in [5, 5.41) is 4.11. The predicted octanol–water partition coefficient (Wildman–Crippen LogP) is 5.03. The summed E-state index contributed by atoms with van der Waals surface area (Å²) in [5.41, 5.74) is 2.42. The number of hydrogen-bond acceptors (Lipinski definition) is 5. The topological polar surface area (TPSA) is 81.4 Å². The monoisotopic (exact) mass is 402 g/mol. The van der Waals surface area contributed by atoms with Crippen LogP contribution in [0.15, 0.2) is 70.0 Å². The third kappa shape index (κ3) is 4.33. The molecule has 152 valence electrons. The number of carbonyl (C=O) groups is 1. The smallest absolute Gasteiger partial charge is 0.408 e. The quantitative estimate of drug-likeness (QED) is 0.520. The van der Waals surface area contributed by atoms with E-state index >= 15 is 0 Å². The molecule has 0 saturated heterocycles. The molecular weight excluding hydrogens is 380 g/mol. The van der Waals surface area contributed by atoms with Gasteiger partial charge in [-0.05, 0) is 50.6 Å². The lowest BCUT2D eigenvalue weighted by Gasteiger charge is -2.19. The largest absolute Gasteiger partial charge is 0.459 e. The summed E-state index contributed by atoms with van der Waals surface area (Å²) in [5.74, 6) is 0.360. The molecule has 0 spiro atoms. The fourth-order valence-electron chi connectivity index (χ4n) is 3.18. The number of aromatic nitrogens is 1. The van der Waals surface area contributed by atoms with Gasteiger partial charge in [-0.3, -0.25) is 9.78 Å². The highest BCUT2D eigenvalue weighted by Crippen LogP contribution is 2.25. The van der Waals surface area contributed by atoms with E-state index in [1.165, 1.54) is 6.07 Å². The van der Waals surface area contributed by atoms with Gasteiger partial charge in [-0.15, -0.1) is 0 Å². The fraction of sp³-hybridized carbons (Fsp3) is 0.208. The van der Waals surface area contributed by atoms with Gasteiger partial charge in [-0.2, -0.15) is 0 Å².